The molecule has 1 atom stereocenters. The molecule has 1 aliphatic heterocycles. The molecular formula is C17H23F2NO. The van der Waals surface area contributed by atoms with Crippen LogP contribution in [0.5, 0.6) is 0 Å². The molecule has 0 N–H and O–H groups in total. The highest BCUT2D eigenvalue weighted by atomic mass is 19.2. The predicted molar refractivity (Wildman–Crippen MR) is 79.5 cm³/mol. The van der Waals surface area contributed by atoms with Crippen LogP contribution in [0.3, 0.4) is 0 Å². The molecule has 2 nitrogen and oxygen atoms in total. The molecule has 1 heterocycles. The summed E-state index contributed by atoms with van der Waals surface area (Å²) in [6.45, 7) is 6.95. The zero-order valence-corrected chi connectivity index (χ0v) is 13.0. The molecule has 21 heavy (non-hydrogen) atoms. The van der Waals surface area contributed by atoms with Crippen molar-refractivity contribution in [2.24, 2.45) is 0 Å². The van der Waals surface area contributed by atoms with Crippen molar-refractivity contribution >= 4 is 5.78 Å². The van der Waals surface area contributed by atoms with Gasteiger partial charge >= 0.3 is 0 Å². The molecule has 0 saturated carbocycles. The van der Waals surface area contributed by atoms with Gasteiger partial charge in [0.05, 0.1) is 11.1 Å². The van der Waals surface area contributed by atoms with Crippen molar-refractivity contribution in [1.82, 2.24) is 4.90 Å². The van der Waals surface area contributed by atoms with Gasteiger partial charge in [0, 0.05) is 0 Å². The van der Waals surface area contributed by atoms with Crippen molar-refractivity contribution in [2.45, 2.75) is 52.0 Å². The average Bonchev–Trinajstić information content (AvgIpc) is 2.52. The summed E-state index contributed by atoms with van der Waals surface area (Å²) in [4.78, 5) is 15.0. The molecule has 4 heteroatoms. The summed E-state index contributed by atoms with van der Waals surface area (Å²) in [5.41, 5.74) is -0.670. The fraction of sp³-hybridized carbons (Fsp3) is 0.588. The maximum Gasteiger partial charge on any atom is 0.185 e. The number of aryl methyl sites for hydroxylation is 1. The molecule has 0 spiro atoms. The normalized spacial score (nSPS) is 19.3. The maximum atomic E-state index is 14.1. The number of rotatable bonds is 4. The predicted octanol–water partition coefficient (Wildman–Crippen LogP) is 4.11. The third-order valence-corrected chi connectivity index (χ3v) is 4.75. The minimum Gasteiger partial charge on any atom is -0.292 e. The van der Waals surface area contributed by atoms with Crippen LogP contribution in [0.1, 0.15) is 55.5 Å². The molecule has 0 aromatic heterocycles. The van der Waals surface area contributed by atoms with E-state index in [9.17, 15) is 13.6 Å². The lowest BCUT2D eigenvalue weighted by atomic mass is 9.85. The molecule has 1 fully saturated rings. The van der Waals surface area contributed by atoms with Crippen LogP contribution in [-0.2, 0) is 0 Å². The molecule has 1 unspecified atom stereocenters. The highest BCUT2D eigenvalue weighted by Gasteiger charge is 2.40. The highest BCUT2D eigenvalue weighted by molar-refractivity contribution is 6.03. The summed E-state index contributed by atoms with van der Waals surface area (Å²) in [5.74, 6) is -2.25. The van der Waals surface area contributed by atoms with Gasteiger partial charge in [0.25, 0.3) is 0 Å². The summed E-state index contributed by atoms with van der Waals surface area (Å²) in [6, 6.07) is 2.88. The smallest absolute Gasteiger partial charge is 0.185 e. The largest absolute Gasteiger partial charge is 0.292 e. The van der Waals surface area contributed by atoms with Crippen LogP contribution in [-0.4, -0.2) is 29.3 Å². The molecule has 1 aromatic carbocycles. The maximum absolute atomic E-state index is 14.1. The first-order valence-corrected chi connectivity index (χ1v) is 7.66. The first-order chi connectivity index (χ1) is 9.91. The van der Waals surface area contributed by atoms with Gasteiger partial charge in [-0.1, -0.05) is 19.4 Å². The topological polar surface area (TPSA) is 20.3 Å². The molecule has 2 rings (SSSR count). The summed E-state index contributed by atoms with van der Waals surface area (Å²) in [5, 5.41) is 0. The Labute approximate surface area is 125 Å². The molecule has 1 aromatic rings. The fourth-order valence-electron chi connectivity index (χ4n) is 3.03. The van der Waals surface area contributed by atoms with Gasteiger partial charge in [-0.2, -0.15) is 0 Å². The van der Waals surface area contributed by atoms with E-state index in [1.165, 1.54) is 19.1 Å². The summed E-state index contributed by atoms with van der Waals surface area (Å²) >= 11 is 0. The Bertz CT molecular complexity index is 538. The van der Waals surface area contributed by atoms with Crippen molar-refractivity contribution < 1.29 is 13.6 Å². The second-order valence-electron chi connectivity index (χ2n) is 6.06. The molecule has 0 amide bonds. The van der Waals surface area contributed by atoms with Gasteiger partial charge in [-0.05, 0) is 57.8 Å². The first kappa shape index (κ1) is 16.1. The molecule has 0 bridgehead atoms. The number of hydrogen-bond acceptors (Lipinski definition) is 2. The van der Waals surface area contributed by atoms with E-state index in [-0.39, 0.29) is 16.9 Å². The van der Waals surface area contributed by atoms with Crippen LogP contribution in [0.25, 0.3) is 0 Å². The van der Waals surface area contributed by atoms with Gasteiger partial charge in [-0.25, -0.2) is 8.78 Å². The van der Waals surface area contributed by atoms with Gasteiger partial charge < -0.3 is 0 Å². The zero-order chi connectivity index (χ0) is 15.6. The van der Waals surface area contributed by atoms with Crippen LogP contribution >= 0.6 is 0 Å². The van der Waals surface area contributed by atoms with Crippen LogP contribution in [0.2, 0.25) is 0 Å². The fourth-order valence-corrected chi connectivity index (χ4v) is 3.03. The Morgan fingerprint density at radius 3 is 2.38 bits per heavy atom. The van der Waals surface area contributed by atoms with E-state index in [2.05, 4.69) is 4.90 Å². The van der Waals surface area contributed by atoms with Crippen molar-refractivity contribution in [2.75, 3.05) is 13.1 Å². The van der Waals surface area contributed by atoms with E-state index in [1.54, 1.807) is 0 Å². The summed E-state index contributed by atoms with van der Waals surface area (Å²) in [6.07, 6.45) is 3.85. The Morgan fingerprint density at radius 2 is 1.81 bits per heavy atom. The minimum atomic E-state index is -1.02. The summed E-state index contributed by atoms with van der Waals surface area (Å²) < 4.78 is 27.9. The van der Waals surface area contributed by atoms with E-state index in [1.807, 2.05) is 13.8 Å². The van der Waals surface area contributed by atoms with E-state index < -0.39 is 17.2 Å². The van der Waals surface area contributed by atoms with E-state index >= 15 is 0 Å². The monoisotopic (exact) mass is 295 g/mol. The van der Waals surface area contributed by atoms with Crippen molar-refractivity contribution in [3.63, 3.8) is 0 Å². The lowest BCUT2D eigenvalue weighted by molar-refractivity contribution is 0.0500. The molecule has 116 valence electrons. The molecular weight excluding hydrogens is 272 g/mol. The van der Waals surface area contributed by atoms with Gasteiger partial charge in [0.15, 0.2) is 17.4 Å². The van der Waals surface area contributed by atoms with Crippen LogP contribution in [0.15, 0.2) is 12.1 Å². The zero-order valence-electron chi connectivity index (χ0n) is 13.0. The third-order valence-electron chi connectivity index (χ3n) is 4.75. The molecule has 1 aliphatic rings. The number of carbonyl (C=O) groups is 1. The number of hydrogen-bond donors (Lipinski definition) is 0. The first-order valence-electron chi connectivity index (χ1n) is 7.66. The lowest BCUT2D eigenvalue weighted by Crippen LogP contribution is -2.54. The number of likely N-dealkylation sites (tertiary alicyclic amines) is 1. The number of halogens is 2. The van der Waals surface area contributed by atoms with Crippen LogP contribution in [0, 0.1) is 18.6 Å². The number of piperidine rings is 1. The van der Waals surface area contributed by atoms with Gasteiger partial charge in [0.1, 0.15) is 0 Å². The number of ketones is 1. The Kier molecular flexibility index (Phi) is 4.77. The summed E-state index contributed by atoms with van der Waals surface area (Å²) in [7, 11) is 0. The molecule has 1 saturated heterocycles. The van der Waals surface area contributed by atoms with E-state index in [0.717, 1.165) is 32.4 Å². The van der Waals surface area contributed by atoms with E-state index in [0.29, 0.717) is 6.42 Å². The van der Waals surface area contributed by atoms with Gasteiger partial charge in [0.2, 0.25) is 0 Å². The number of nitrogens with zero attached hydrogens (tertiary/aromatic N) is 1. The molecule has 0 radical (unpaired) electrons. The lowest BCUT2D eigenvalue weighted by Gasteiger charge is -2.42. The van der Waals surface area contributed by atoms with Gasteiger partial charge in [-0.15, -0.1) is 0 Å². The van der Waals surface area contributed by atoms with Crippen molar-refractivity contribution in [3.8, 4) is 0 Å². The van der Waals surface area contributed by atoms with Crippen molar-refractivity contribution in [3.05, 3.63) is 34.9 Å². The Morgan fingerprint density at radius 1 is 1.19 bits per heavy atom. The Hall–Kier alpha value is -1.29. The average molecular weight is 295 g/mol. The number of benzene rings is 1. The van der Waals surface area contributed by atoms with Gasteiger partial charge in [-0.3, -0.25) is 9.69 Å². The van der Waals surface area contributed by atoms with Crippen molar-refractivity contribution in [1.29, 1.82) is 0 Å². The number of Topliss-reactive ketones (excluding diaryl/α,β-unsaturated/α-hetero) is 1. The second-order valence-corrected chi connectivity index (χ2v) is 6.06. The second kappa shape index (κ2) is 6.22. The van der Waals surface area contributed by atoms with E-state index in [4.69, 9.17) is 0 Å². The highest BCUT2D eigenvalue weighted by Crippen LogP contribution is 2.29. The third kappa shape index (κ3) is 2.86. The molecule has 0 aliphatic carbocycles. The quantitative estimate of drug-likeness (QED) is 0.779. The van der Waals surface area contributed by atoms with Crippen LogP contribution < -0.4 is 0 Å². The standard InChI is InChI=1S/C17H23F2NO/c1-4-17(3,20-10-6-5-7-11-20)16(21)13-9-8-12(2)14(18)15(13)19/h8-9H,4-7,10-11H2,1-3H3. The van der Waals surface area contributed by atoms with Crippen LogP contribution in [0.4, 0.5) is 8.78 Å². The Balaban J connectivity index is 2.38. The minimum absolute atomic E-state index is 0.131. The number of carbonyl (C=O) groups excluding carboxylic acids is 1. The SMILES string of the molecule is CCC(C)(C(=O)c1ccc(C)c(F)c1F)N1CCCCC1.